The maximum Gasteiger partial charge on any atom is 0.308 e. The van der Waals surface area contributed by atoms with Gasteiger partial charge in [0.05, 0.1) is 6.42 Å². The molecule has 0 aromatic heterocycles. The number of carbonyl (C=O) groups excluding carboxylic acids is 3. The predicted molar refractivity (Wildman–Crippen MR) is 113 cm³/mol. The molecule has 0 aliphatic carbocycles. The molecule has 2 rings (SSSR count). The Kier molecular flexibility index (Phi) is 7.53. The quantitative estimate of drug-likeness (QED) is 0.700. The lowest BCUT2D eigenvalue weighted by Crippen LogP contribution is -2.32. The Labute approximate surface area is 171 Å². The Morgan fingerprint density at radius 2 is 1.59 bits per heavy atom. The number of para-hydroxylation sites is 1. The van der Waals surface area contributed by atoms with Crippen LogP contribution in [0.15, 0.2) is 54.6 Å². The van der Waals surface area contributed by atoms with Crippen LogP contribution in [-0.4, -0.2) is 30.4 Å². The van der Waals surface area contributed by atoms with Gasteiger partial charge in [0.25, 0.3) is 11.8 Å². The summed E-state index contributed by atoms with van der Waals surface area (Å²) >= 11 is 0. The van der Waals surface area contributed by atoms with Crippen LogP contribution in [0.25, 0.3) is 0 Å². The van der Waals surface area contributed by atoms with E-state index in [1.807, 2.05) is 18.2 Å². The zero-order valence-corrected chi connectivity index (χ0v) is 17.3. The molecule has 2 aromatic carbocycles. The smallest absolute Gasteiger partial charge is 0.308 e. The molecular formula is C23H28N2O4. The summed E-state index contributed by atoms with van der Waals surface area (Å²) in [6.45, 7) is 7.95. The van der Waals surface area contributed by atoms with Crippen molar-refractivity contribution in [2.45, 2.75) is 45.6 Å². The van der Waals surface area contributed by atoms with Gasteiger partial charge in [-0.3, -0.25) is 14.4 Å². The molecule has 6 heteroatoms. The monoisotopic (exact) mass is 396 g/mol. The molecule has 2 N–H and O–H groups in total. The van der Waals surface area contributed by atoms with Gasteiger partial charge in [-0.2, -0.15) is 0 Å². The van der Waals surface area contributed by atoms with Crippen LogP contribution < -0.4 is 10.6 Å². The van der Waals surface area contributed by atoms with E-state index in [0.717, 1.165) is 5.56 Å². The first kappa shape index (κ1) is 22.1. The molecular weight excluding hydrogens is 368 g/mol. The molecule has 0 fully saturated rings. The first-order chi connectivity index (χ1) is 13.7. The first-order valence-electron chi connectivity index (χ1n) is 9.61. The molecule has 0 heterocycles. The highest BCUT2D eigenvalue weighted by atomic mass is 16.5. The van der Waals surface area contributed by atoms with Crippen molar-refractivity contribution in [2.75, 3.05) is 11.9 Å². The highest BCUT2D eigenvalue weighted by Gasteiger charge is 2.18. The number of amides is 2. The fourth-order valence-electron chi connectivity index (χ4n) is 2.58. The number of carbonyl (C=O) groups is 3. The second-order valence-electron chi connectivity index (χ2n) is 7.82. The van der Waals surface area contributed by atoms with Crippen LogP contribution in [0.5, 0.6) is 0 Å². The van der Waals surface area contributed by atoms with E-state index in [4.69, 9.17) is 4.74 Å². The maximum atomic E-state index is 12.2. The van der Waals surface area contributed by atoms with Gasteiger partial charge >= 0.3 is 5.97 Å². The molecule has 0 unspecified atom stereocenters. The second-order valence-corrected chi connectivity index (χ2v) is 7.82. The van der Waals surface area contributed by atoms with Crippen LogP contribution in [0.1, 0.15) is 50.0 Å². The Morgan fingerprint density at radius 1 is 0.966 bits per heavy atom. The summed E-state index contributed by atoms with van der Waals surface area (Å²) in [6.07, 6.45) is -0.947. The van der Waals surface area contributed by atoms with Crippen LogP contribution >= 0.6 is 0 Å². The Hall–Kier alpha value is -3.15. The molecule has 0 aliphatic heterocycles. The summed E-state index contributed by atoms with van der Waals surface area (Å²) in [5.74, 6) is -1.22. The molecule has 2 amide bonds. The summed E-state index contributed by atoms with van der Waals surface area (Å²) in [7, 11) is 0. The minimum absolute atomic E-state index is 0.0161. The molecule has 1 atom stereocenters. The van der Waals surface area contributed by atoms with E-state index in [2.05, 4.69) is 31.4 Å². The number of ether oxygens (including phenoxy) is 1. The Morgan fingerprint density at radius 3 is 2.17 bits per heavy atom. The van der Waals surface area contributed by atoms with Crippen molar-refractivity contribution in [2.24, 2.45) is 0 Å². The van der Waals surface area contributed by atoms with Gasteiger partial charge in [0, 0.05) is 17.8 Å². The number of benzene rings is 2. The first-order valence-corrected chi connectivity index (χ1v) is 9.61. The zero-order chi connectivity index (χ0) is 21.4. The van der Waals surface area contributed by atoms with Crippen molar-refractivity contribution >= 4 is 23.5 Å². The number of esters is 1. The van der Waals surface area contributed by atoms with Crippen molar-refractivity contribution in [3.63, 3.8) is 0 Å². The van der Waals surface area contributed by atoms with Crippen LogP contribution in [0, 0.1) is 0 Å². The lowest BCUT2D eigenvalue weighted by atomic mass is 9.87. The van der Waals surface area contributed by atoms with E-state index in [-0.39, 0.29) is 24.3 Å². The zero-order valence-electron chi connectivity index (χ0n) is 17.3. The highest BCUT2D eigenvalue weighted by molar-refractivity contribution is 5.95. The van der Waals surface area contributed by atoms with Gasteiger partial charge in [0.15, 0.2) is 6.10 Å². The number of hydrogen-bond donors (Lipinski definition) is 2. The molecule has 0 bridgehead atoms. The Balaban J connectivity index is 1.74. The van der Waals surface area contributed by atoms with Gasteiger partial charge < -0.3 is 15.4 Å². The molecule has 29 heavy (non-hydrogen) atoms. The molecule has 0 aliphatic rings. The van der Waals surface area contributed by atoms with E-state index in [1.54, 1.807) is 36.4 Å². The van der Waals surface area contributed by atoms with Gasteiger partial charge in [0.2, 0.25) is 0 Å². The number of anilines is 1. The van der Waals surface area contributed by atoms with Crippen molar-refractivity contribution in [1.82, 2.24) is 5.32 Å². The third-order valence-electron chi connectivity index (χ3n) is 4.35. The molecule has 0 saturated carbocycles. The van der Waals surface area contributed by atoms with E-state index < -0.39 is 18.0 Å². The van der Waals surface area contributed by atoms with E-state index in [0.29, 0.717) is 11.3 Å². The molecule has 2 aromatic rings. The van der Waals surface area contributed by atoms with E-state index in [9.17, 15) is 14.4 Å². The summed E-state index contributed by atoms with van der Waals surface area (Å²) in [4.78, 5) is 36.2. The van der Waals surface area contributed by atoms with Gasteiger partial charge in [0.1, 0.15) is 0 Å². The minimum atomic E-state index is -0.927. The van der Waals surface area contributed by atoms with Crippen LogP contribution in [0.2, 0.25) is 0 Å². The lowest BCUT2D eigenvalue weighted by Gasteiger charge is -2.19. The lowest BCUT2D eigenvalue weighted by molar-refractivity contribution is -0.153. The average Bonchev–Trinajstić information content (AvgIpc) is 2.68. The van der Waals surface area contributed by atoms with Gasteiger partial charge in [-0.25, -0.2) is 0 Å². The highest BCUT2D eigenvalue weighted by Crippen LogP contribution is 2.22. The third-order valence-corrected chi connectivity index (χ3v) is 4.35. The van der Waals surface area contributed by atoms with Crippen LogP contribution in [-0.2, 0) is 19.7 Å². The molecule has 6 nitrogen and oxygen atoms in total. The fraction of sp³-hybridized carbons (Fsp3) is 0.348. The van der Waals surface area contributed by atoms with Crippen LogP contribution in [0.4, 0.5) is 5.69 Å². The van der Waals surface area contributed by atoms with Crippen molar-refractivity contribution in [1.29, 1.82) is 0 Å². The summed E-state index contributed by atoms with van der Waals surface area (Å²) in [6, 6.07) is 16.3. The van der Waals surface area contributed by atoms with E-state index in [1.165, 1.54) is 6.92 Å². The minimum Gasteiger partial charge on any atom is -0.452 e. The fourth-order valence-corrected chi connectivity index (χ4v) is 2.58. The SMILES string of the molecule is C[C@@H](OC(=O)CCNC(=O)c1ccc(C(C)(C)C)cc1)C(=O)Nc1ccccc1. The Bertz CT molecular complexity index is 839. The number of rotatable bonds is 7. The molecule has 0 spiro atoms. The third kappa shape index (κ3) is 7.07. The molecule has 0 saturated heterocycles. The van der Waals surface area contributed by atoms with Crippen molar-refractivity contribution < 1.29 is 19.1 Å². The van der Waals surface area contributed by atoms with Gasteiger partial charge in [-0.15, -0.1) is 0 Å². The predicted octanol–water partition coefficient (Wildman–Crippen LogP) is 3.67. The van der Waals surface area contributed by atoms with Crippen LogP contribution in [0.3, 0.4) is 0 Å². The summed E-state index contributed by atoms with van der Waals surface area (Å²) < 4.78 is 5.12. The maximum absolute atomic E-state index is 12.2. The van der Waals surface area contributed by atoms with Gasteiger partial charge in [-0.05, 0) is 42.2 Å². The topological polar surface area (TPSA) is 84.5 Å². The summed E-state index contributed by atoms with van der Waals surface area (Å²) in [5, 5.41) is 5.36. The second kappa shape index (κ2) is 9.87. The normalized spacial score (nSPS) is 12.0. The molecule has 0 radical (unpaired) electrons. The standard InChI is InChI=1S/C23H28N2O4/c1-16(21(27)25-19-8-6-5-7-9-19)29-20(26)14-15-24-22(28)17-10-12-18(13-11-17)23(2,3)4/h5-13,16H,14-15H2,1-4H3,(H,24,28)(H,25,27)/t16-/m1/s1. The van der Waals surface area contributed by atoms with E-state index >= 15 is 0 Å². The summed E-state index contributed by atoms with van der Waals surface area (Å²) in [5.41, 5.74) is 2.31. The van der Waals surface area contributed by atoms with Crippen molar-refractivity contribution in [3.8, 4) is 0 Å². The van der Waals surface area contributed by atoms with Crippen molar-refractivity contribution in [3.05, 3.63) is 65.7 Å². The largest absolute Gasteiger partial charge is 0.452 e. The number of nitrogens with one attached hydrogen (secondary N) is 2. The average molecular weight is 396 g/mol. The van der Waals surface area contributed by atoms with Gasteiger partial charge in [-0.1, -0.05) is 51.1 Å². The molecule has 154 valence electrons. The number of hydrogen-bond acceptors (Lipinski definition) is 4.